The van der Waals surface area contributed by atoms with Crippen molar-refractivity contribution in [2.45, 2.75) is 13.8 Å². The molecule has 0 saturated carbocycles. The smallest absolute Gasteiger partial charge is 0.277 e. The highest BCUT2D eigenvalue weighted by molar-refractivity contribution is 7.12. The van der Waals surface area contributed by atoms with Crippen LogP contribution in [-0.2, 0) is 0 Å². The van der Waals surface area contributed by atoms with E-state index in [4.69, 9.17) is 25.2 Å². The number of nitrogens with two attached hydrogens (primary N) is 1. The number of halogens is 1. The third kappa shape index (κ3) is 4.73. The molecule has 0 radical (unpaired) electrons. The minimum atomic E-state index is -0.661. The molecule has 3 aromatic heterocycles. The molecule has 0 unspecified atom stereocenters. The van der Waals surface area contributed by atoms with E-state index in [1.165, 1.54) is 6.07 Å². The molecule has 12 heteroatoms. The number of nitrogens with zero attached hydrogens (tertiary/aromatic N) is 6. The van der Waals surface area contributed by atoms with Gasteiger partial charge in [0.25, 0.3) is 5.91 Å². The molecule has 0 atom stereocenters. The number of rotatable bonds is 9. The summed E-state index contributed by atoms with van der Waals surface area (Å²) in [6, 6.07) is 8.31. The Morgan fingerprint density at radius 2 is 1.87 bits per heavy atom. The van der Waals surface area contributed by atoms with E-state index in [0.29, 0.717) is 58.8 Å². The van der Waals surface area contributed by atoms with Crippen molar-refractivity contribution in [3.05, 3.63) is 65.3 Å². The first kappa shape index (κ1) is 25.1. The summed E-state index contributed by atoms with van der Waals surface area (Å²) in [5, 5.41) is 2.42. The molecule has 5 rings (SSSR count). The van der Waals surface area contributed by atoms with Gasteiger partial charge in [-0.1, -0.05) is 0 Å². The molecule has 194 valence electrons. The van der Waals surface area contributed by atoms with Crippen molar-refractivity contribution in [3.8, 4) is 28.7 Å². The minimum Gasteiger partial charge on any atom is -0.490 e. The summed E-state index contributed by atoms with van der Waals surface area (Å²) in [6.07, 6.45) is 5.00. The van der Waals surface area contributed by atoms with Gasteiger partial charge in [0, 0.05) is 47.5 Å². The van der Waals surface area contributed by atoms with Crippen LogP contribution in [0.1, 0.15) is 23.6 Å². The van der Waals surface area contributed by atoms with Crippen molar-refractivity contribution in [3.63, 3.8) is 0 Å². The highest BCUT2D eigenvalue weighted by Crippen LogP contribution is 2.38. The molecule has 0 aliphatic heterocycles. The standard InChI is InChI=1S/C26H24FN7O3S/c1-4-36-21-11-17-19(12-22(21)37-5-2)31-26(34-9-8-29-14-34)32-24(17)33(3)15-6-7-18(27)16(10-15)20-13-38-25(30-20)23(28)35/h6-14H,4-5H2,1-3H3,(H2,28,35). The van der Waals surface area contributed by atoms with Gasteiger partial charge < -0.3 is 20.1 Å². The molecule has 10 nitrogen and oxygen atoms in total. The second kappa shape index (κ2) is 10.4. The molecule has 2 N–H and O–H groups in total. The topological polar surface area (TPSA) is 121 Å². The minimum absolute atomic E-state index is 0.110. The van der Waals surface area contributed by atoms with Crippen LogP contribution >= 0.6 is 11.3 Å². The lowest BCUT2D eigenvalue weighted by molar-refractivity contribution is 0.1000. The molecule has 5 aromatic rings. The molecule has 0 bridgehead atoms. The maximum absolute atomic E-state index is 14.9. The largest absolute Gasteiger partial charge is 0.490 e. The Bertz CT molecular complexity index is 1620. The zero-order valence-electron chi connectivity index (χ0n) is 20.9. The predicted molar refractivity (Wildman–Crippen MR) is 143 cm³/mol. The normalized spacial score (nSPS) is 11.1. The molecule has 0 aliphatic rings. The van der Waals surface area contributed by atoms with Gasteiger partial charge in [0.2, 0.25) is 5.95 Å². The summed E-state index contributed by atoms with van der Waals surface area (Å²) in [5.74, 6) is 0.953. The summed E-state index contributed by atoms with van der Waals surface area (Å²) in [7, 11) is 1.82. The summed E-state index contributed by atoms with van der Waals surface area (Å²) >= 11 is 1.06. The van der Waals surface area contributed by atoms with Crippen molar-refractivity contribution in [2.24, 2.45) is 5.73 Å². The van der Waals surface area contributed by atoms with E-state index in [9.17, 15) is 9.18 Å². The average Bonchev–Trinajstić information content (AvgIpc) is 3.62. The fraction of sp³-hybridized carbons (Fsp3) is 0.192. The maximum Gasteiger partial charge on any atom is 0.277 e. The summed E-state index contributed by atoms with van der Waals surface area (Å²) in [5.41, 5.74) is 7.16. The van der Waals surface area contributed by atoms with Gasteiger partial charge in [-0.3, -0.25) is 9.36 Å². The number of imidazole rings is 1. The van der Waals surface area contributed by atoms with Gasteiger partial charge in [-0.25, -0.2) is 19.3 Å². The Morgan fingerprint density at radius 1 is 1.11 bits per heavy atom. The molecule has 38 heavy (non-hydrogen) atoms. The molecule has 0 saturated heterocycles. The van der Waals surface area contributed by atoms with Gasteiger partial charge in [0.15, 0.2) is 16.5 Å². The number of hydrogen-bond acceptors (Lipinski definition) is 9. The fourth-order valence-electron chi connectivity index (χ4n) is 3.94. The summed E-state index contributed by atoms with van der Waals surface area (Å²) in [6.45, 7) is 4.71. The number of amides is 1. The monoisotopic (exact) mass is 533 g/mol. The van der Waals surface area contributed by atoms with Crippen LogP contribution in [-0.4, -0.2) is 50.7 Å². The van der Waals surface area contributed by atoms with Crippen molar-refractivity contribution in [1.29, 1.82) is 0 Å². The highest BCUT2D eigenvalue weighted by atomic mass is 32.1. The Labute approximate surface area is 221 Å². The van der Waals surface area contributed by atoms with E-state index in [0.717, 1.165) is 11.3 Å². The van der Waals surface area contributed by atoms with Gasteiger partial charge in [-0.05, 0) is 38.1 Å². The van der Waals surface area contributed by atoms with E-state index in [1.54, 1.807) is 40.8 Å². The van der Waals surface area contributed by atoms with Gasteiger partial charge >= 0.3 is 0 Å². The third-order valence-electron chi connectivity index (χ3n) is 5.71. The Morgan fingerprint density at radius 3 is 2.53 bits per heavy atom. The molecular weight excluding hydrogens is 509 g/mol. The van der Waals surface area contributed by atoms with Crippen molar-refractivity contribution < 1.29 is 18.7 Å². The number of aromatic nitrogens is 5. The fourth-order valence-corrected chi connectivity index (χ4v) is 4.61. The number of anilines is 2. The number of hydrogen-bond donors (Lipinski definition) is 1. The van der Waals surface area contributed by atoms with Crippen LogP contribution in [0.15, 0.2) is 54.4 Å². The predicted octanol–water partition coefficient (Wildman–Crippen LogP) is 4.74. The van der Waals surface area contributed by atoms with Crippen LogP contribution in [0.2, 0.25) is 0 Å². The van der Waals surface area contributed by atoms with Crippen LogP contribution in [0.5, 0.6) is 11.5 Å². The third-order valence-corrected chi connectivity index (χ3v) is 6.57. The van der Waals surface area contributed by atoms with E-state index in [1.807, 2.05) is 37.9 Å². The first-order valence-electron chi connectivity index (χ1n) is 11.8. The van der Waals surface area contributed by atoms with Gasteiger partial charge in [-0.15, -0.1) is 11.3 Å². The van der Waals surface area contributed by atoms with Crippen molar-refractivity contribution >= 4 is 39.7 Å². The second-order valence-electron chi connectivity index (χ2n) is 8.12. The zero-order valence-corrected chi connectivity index (χ0v) is 21.7. The lowest BCUT2D eigenvalue weighted by Crippen LogP contribution is -2.15. The van der Waals surface area contributed by atoms with E-state index < -0.39 is 11.7 Å². The van der Waals surface area contributed by atoms with Crippen LogP contribution in [0.3, 0.4) is 0 Å². The Hall–Kier alpha value is -4.58. The molecule has 3 heterocycles. The Kier molecular flexibility index (Phi) is 6.88. The van der Waals surface area contributed by atoms with Crippen molar-refractivity contribution in [2.75, 3.05) is 25.2 Å². The van der Waals surface area contributed by atoms with Gasteiger partial charge in [-0.2, -0.15) is 4.98 Å². The first-order chi connectivity index (χ1) is 18.4. The van der Waals surface area contributed by atoms with E-state index in [2.05, 4.69) is 9.97 Å². The number of benzene rings is 2. The average molecular weight is 534 g/mol. The van der Waals surface area contributed by atoms with Crippen LogP contribution < -0.4 is 20.1 Å². The number of ether oxygens (including phenoxy) is 2. The van der Waals surface area contributed by atoms with Crippen LogP contribution in [0, 0.1) is 5.82 Å². The molecule has 1 amide bonds. The number of carbonyl (C=O) groups is 1. The van der Waals surface area contributed by atoms with Crippen LogP contribution in [0.4, 0.5) is 15.9 Å². The first-order valence-corrected chi connectivity index (χ1v) is 12.7. The second-order valence-corrected chi connectivity index (χ2v) is 8.98. The Balaban J connectivity index is 1.67. The lowest BCUT2D eigenvalue weighted by Gasteiger charge is -2.22. The molecule has 2 aromatic carbocycles. The molecule has 0 fully saturated rings. The maximum atomic E-state index is 14.9. The number of carbonyl (C=O) groups excluding carboxylic acids is 1. The lowest BCUT2D eigenvalue weighted by atomic mass is 10.1. The highest BCUT2D eigenvalue weighted by Gasteiger charge is 2.20. The number of primary amides is 1. The van der Waals surface area contributed by atoms with Crippen LogP contribution in [0.25, 0.3) is 28.1 Å². The van der Waals surface area contributed by atoms with Gasteiger partial charge in [0.05, 0.1) is 24.4 Å². The molecule has 0 aliphatic carbocycles. The summed E-state index contributed by atoms with van der Waals surface area (Å²) in [4.78, 5) is 31.2. The zero-order chi connectivity index (χ0) is 26.8. The van der Waals surface area contributed by atoms with Crippen molar-refractivity contribution in [1.82, 2.24) is 24.5 Å². The molecule has 0 spiro atoms. The van der Waals surface area contributed by atoms with E-state index >= 15 is 0 Å². The number of fused-ring (bicyclic) bond motifs is 1. The molecular formula is C26H24FN7O3S. The van der Waals surface area contributed by atoms with E-state index in [-0.39, 0.29) is 10.6 Å². The summed E-state index contributed by atoms with van der Waals surface area (Å²) < 4.78 is 28.2. The quantitative estimate of drug-likeness (QED) is 0.288. The number of thiazole rings is 1. The SMILES string of the molecule is CCOc1cc2nc(-n3ccnc3)nc(N(C)c3ccc(F)c(-c4csc(C(N)=O)n4)c3)c2cc1OCC. The van der Waals surface area contributed by atoms with Gasteiger partial charge in [0.1, 0.15) is 18.0 Å².